The fraction of sp³-hybridized carbons (Fsp3) is 0.533. The van der Waals surface area contributed by atoms with E-state index in [0.717, 1.165) is 12.8 Å². The van der Waals surface area contributed by atoms with Gasteiger partial charge in [-0.15, -0.1) is 0 Å². The fourth-order valence-electron chi connectivity index (χ4n) is 2.70. The second kappa shape index (κ2) is 6.35. The van der Waals surface area contributed by atoms with Crippen LogP contribution in [0.4, 0.5) is 0 Å². The van der Waals surface area contributed by atoms with E-state index in [0.29, 0.717) is 24.5 Å². The van der Waals surface area contributed by atoms with E-state index < -0.39 is 5.79 Å². The van der Waals surface area contributed by atoms with Crippen LogP contribution in [0.5, 0.6) is 5.75 Å². The second-order valence-electron chi connectivity index (χ2n) is 5.14. The number of carbonyl (C=O) groups is 1. The Hall–Kier alpha value is -1.43. The first-order valence-electron chi connectivity index (χ1n) is 6.75. The fourth-order valence-corrected chi connectivity index (χ4v) is 2.70. The molecule has 1 aliphatic rings. The summed E-state index contributed by atoms with van der Waals surface area (Å²) in [4.78, 5) is 15.4. The molecular formula is C15H20O5. The molecular weight excluding hydrogens is 260 g/mol. The van der Waals surface area contributed by atoms with E-state index >= 15 is 0 Å². The summed E-state index contributed by atoms with van der Waals surface area (Å²) in [6.45, 7) is 1.38. The minimum absolute atomic E-state index is 0.319. The molecule has 1 aliphatic carbocycles. The Kier molecular flexibility index (Phi) is 4.75. The predicted octanol–water partition coefficient (Wildman–Crippen LogP) is 3.10. The second-order valence-corrected chi connectivity index (χ2v) is 5.14. The van der Waals surface area contributed by atoms with E-state index in [2.05, 4.69) is 4.89 Å². The molecule has 110 valence electrons. The van der Waals surface area contributed by atoms with E-state index in [1.807, 2.05) is 12.1 Å². The van der Waals surface area contributed by atoms with Gasteiger partial charge in [0, 0.05) is 26.9 Å². The molecule has 0 amide bonds. The van der Waals surface area contributed by atoms with Gasteiger partial charge in [-0.1, -0.05) is 12.1 Å². The lowest BCUT2D eigenvalue weighted by atomic mass is 9.81. The standard InChI is InChI=1S/C15H20O5/c1-11(16)19-14-5-3-12(4-6-14)13-7-9-15(18-2,20-17)10-8-13/h3-6,13,17H,7-10H2,1-2H3. The van der Waals surface area contributed by atoms with E-state index in [9.17, 15) is 4.79 Å². The number of benzene rings is 1. The molecule has 2 rings (SSSR count). The van der Waals surface area contributed by atoms with Crippen LogP contribution in [-0.2, 0) is 14.4 Å². The van der Waals surface area contributed by atoms with Gasteiger partial charge in [-0.05, 0) is 36.5 Å². The van der Waals surface area contributed by atoms with Gasteiger partial charge in [-0.25, -0.2) is 10.1 Å². The van der Waals surface area contributed by atoms with Crippen molar-refractivity contribution < 1.29 is 24.4 Å². The zero-order valence-corrected chi connectivity index (χ0v) is 11.8. The van der Waals surface area contributed by atoms with Crippen LogP contribution in [0.3, 0.4) is 0 Å². The first-order chi connectivity index (χ1) is 9.58. The molecule has 1 aromatic carbocycles. The Bertz CT molecular complexity index is 440. The van der Waals surface area contributed by atoms with E-state index in [1.165, 1.54) is 12.5 Å². The maximum Gasteiger partial charge on any atom is 0.308 e. The van der Waals surface area contributed by atoms with Crippen molar-refractivity contribution in [1.29, 1.82) is 0 Å². The SMILES string of the molecule is COC1(OO)CCC(c2ccc(OC(C)=O)cc2)CC1. The first kappa shape index (κ1) is 15.0. The molecule has 0 spiro atoms. The number of hydrogen-bond acceptors (Lipinski definition) is 5. The van der Waals surface area contributed by atoms with Crippen molar-refractivity contribution >= 4 is 5.97 Å². The molecule has 0 unspecified atom stereocenters. The number of esters is 1. The smallest absolute Gasteiger partial charge is 0.308 e. The molecule has 5 nitrogen and oxygen atoms in total. The van der Waals surface area contributed by atoms with Crippen molar-refractivity contribution in [3.63, 3.8) is 0 Å². The molecule has 20 heavy (non-hydrogen) atoms. The van der Waals surface area contributed by atoms with Crippen molar-refractivity contribution in [1.82, 2.24) is 0 Å². The zero-order valence-electron chi connectivity index (χ0n) is 11.8. The monoisotopic (exact) mass is 280 g/mol. The number of methoxy groups -OCH3 is 1. The largest absolute Gasteiger partial charge is 0.427 e. The highest BCUT2D eigenvalue weighted by Gasteiger charge is 2.37. The molecule has 0 radical (unpaired) electrons. The van der Waals surface area contributed by atoms with Crippen molar-refractivity contribution in [2.75, 3.05) is 7.11 Å². The summed E-state index contributed by atoms with van der Waals surface area (Å²) >= 11 is 0. The van der Waals surface area contributed by atoms with Crippen LogP contribution < -0.4 is 4.74 Å². The van der Waals surface area contributed by atoms with Gasteiger partial charge >= 0.3 is 5.97 Å². The molecule has 0 saturated heterocycles. The average Bonchev–Trinajstić information content (AvgIpc) is 2.48. The third-order valence-corrected chi connectivity index (χ3v) is 3.90. The lowest BCUT2D eigenvalue weighted by Gasteiger charge is -2.36. The van der Waals surface area contributed by atoms with Crippen LogP contribution in [-0.4, -0.2) is 24.1 Å². The van der Waals surface area contributed by atoms with Crippen LogP contribution in [0.15, 0.2) is 24.3 Å². The minimum Gasteiger partial charge on any atom is -0.427 e. The Morgan fingerprint density at radius 2 is 1.85 bits per heavy atom. The summed E-state index contributed by atoms with van der Waals surface area (Å²) in [5.41, 5.74) is 1.20. The molecule has 0 atom stereocenters. The highest BCUT2D eigenvalue weighted by Crippen LogP contribution is 2.40. The highest BCUT2D eigenvalue weighted by atomic mass is 17.1. The normalized spacial score (nSPS) is 26.2. The first-order valence-corrected chi connectivity index (χ1v) is 6.75. The van der Waals surface area contributed by atoms with Crippen molar-refractivity contribution in [3.05, 3.63) is 29.8 Å². The van der Waals surface area contributed by atoms with Gasteiger partial charge in [0.25, 0.3) is 0 Å². The van der Waals surface area contributed by atoms with Gasteiger partial charge < -0.3 is 9.47 Å². The zero-order chi connectivity index (χ0) is 14.6. The molecule has 0 bridgehead atoms. The van der Waals surface area contributed by atoms with Crippen LogP contribution in [0.25, 0.3) is 0 Å². The Labute approximate surface area is 118 Å². The van der Waals surface area contributed by atoms with Gasteiger partial charge in [0.1, 0.15) is 5.75 Å². The predicted molar refractivity (Wildman–Crippen MR) is 72.4 cm³/mol. The third kappa shape index (κ3) is 3.36. The third-order valence-electron chi connectivity index (χ3n) is 3.90. The molecule has 0 heterocycles. The molecule has 1 fully saturated rings. The van der Waals surface area contributed by atoms with E-state index in [1.54, 1.807) is 19.2 Å². The molecule has 0 aliphatic heterocycles. The van der Waals surface area contributed by atoms with Crippen LogP contribution in [0.2, 0.25) is 0 Å². The van der Waals surface area contributed by atoms with Gasteiger partial charge in [0.2, 0.25) is 5.79 Å². The van der Waals surface area contributed by atoms with Crippen molar-refractivity contribution in [2.24, 2.45) is 0 Å². The van der Waals surface area contributed by atoms with Gasteiger partial charge in [0.05, 0.1) is 0 Å². The summed E-state index contributed by atoms with van der Waals surface area (Å²) in [6, 6.07) is 7.56. The summed E-state index contributed by atoms with van der Waals surface area (Å²) in [5, 5.41) is 8.95. The van der Waals surface area contributed by atoms with Crippen LogP contribution in [0.1, 0.15) is 44.1 Å². The van der Waals surface area contributed by atoms with Gasteiger partial charge in [-0.2, -0.15) is 0 Å². The maximum atomic E-state index is 10.9. The maximum absolute atomic E-state index is 10.9. The van der Waals surface area contributed by atoms with Crippen molar-refractivity contribution in [2.45, 2.75) is 44.3 Å². The number of ether oxygens (including phenoxy) is 2. The van der Waals surface area contributed by atoms with Gasteiger partial charge in [0.15, 0.2) is 0 Å². The summed E-state index contributed by atoms with van der Waals surface area (Å²) < 4.78 is 10.3. The molecule has 1 saturated carbocycles. The van der Waals surface area contributed by atoms with E-state index in [4.69, 9.17) is 14.7 Å². The summed E-state index contributed by atoms with van der Waals surface area (Å²) in [6.07, 6.45) is 3.05. The Morgan fingerprint density at radius 3 is 2.30 bits per heavy atom. The van der Waals surface area contributed by atoms with Gasteiger partial charge in [-0.3, -0.25) is 4.79 Å². The Balaban J connectivity index is 1.98. The van der Waals surface area contributed by atoms with E-state index in [-0.39, 0.29) is 5.97 Å². The summed E-state index contributed by atoms with van der Waals surface area (Å²) in [7, 11) is 1.55. The minimum atomic E-state index is -0.853. The van der Waals surface area contributed by atoms with Crippen LogP contribution in [0, 0.1) is 0 Å². The molecule has 5 heteroatoms. The van der Waals surface area contributed by atoms with Crippen LogP contribution >= 0.6 is 0 Å². The number of carbonyl (C=O) groups excluding carboxylic acids is 1. The number of hydrogen-bond donors (Lipinski definition) is 1. The number of rotatable bonds is 4. The lowest BCUT2D eigenvalue weighted by Crippen LogP contribution is -2.37. The highest BCUT2D eigenvalue weighted by molar-refractivity contribution is 5.69. The lowest BCUT2D eigenvalue weighted by molar-refractivity contribution is -0.406. The average molecular weight is 280 g/mol. The molecule has 1 aromatic rings. The molecule has 1 N–H and O–H groups in total. The quantitative estimate of drug-likeness (QED) is 0.302. The summed E-state index contributed by atoms with van der Waals surface area (Å²) in [5.74, 6) is -0.212. The van der Waals surface area contributed by atoms with Crippen molar-refractivity contribution in [3.8, 4) is 5.75 Å². The topological polar surface area (TPSA) is 65.0 Å². The molecule has 0 aromatic heterocycles. The Morgan fingerprint density at radius 1 is 1.25 bits per heavy atom.